The third-order valence-electron chi connectivity index (χ3n) is 3.59. The van der Waals surface area contributed by atoms with Gasteiger partial charge in [0.1, 0.15) is 0 Å². The standard InChI is InChI=1S/C14H18N2O2/c1-8-4-5-11-10(6-7-15)9(2)16(3)13(11)12(8)14(17)18/h4-5H,6-7,15H2,1-3H3,(H,17,18). The number of fused-ring (bicyclic) bond motifs is 1. The quantitative estimate of drug-likeness (QED) is 0.870. The van der Waals surface area contributed by atoms with E-state index < -0.39 is 5.97 Å². The average molecular weight is 246 g/mol. The van der Waals surface area contributed by atoms with Gasteiger partial charge in [-0.3, -0.25) is 0 Å². The number of nitrogens with zero attached hydrogens (tertiary/aromatic N) is 1. The minimum absolute atomic E-state index is 0.390. The molecule has 0 unspecified atom stereocenters. The van der Waals surface area contributed by atoms with Gasteiger partial charge in [0.2, 0.25) is 0 Å². The Morgan fingerprint density at radius 2 is 2.06 bits per heavy atom. The Morgan fingerprint density at radius 1 is 1.39 bits per heavy atom. The smallest absolute Gasteiger partial charge is 0.338 e. The maximum Gasteiger partial charge on any atom is 0.338 e. The molecule has 1 heterocycles. The fourth-order valence-electron chi connectivity index (χ4n) is 2.58. The number of hydrogen-bond donors (Lipinski definition) is 2. The van der Waals surface area contributed by atoms with Crippen LogP contribution in [0.1, 0.15) is 27.2 Å². The molecule has 4 nitrogen and oxygen atoms in total. The molecule has 0 amide bonds. The number of benzene rings is 1. The Labute approximate surface area is 106 Å². The van der Waals surface area contributed by atoms with Crippen molar-refractivity contribution in [3.05, 3.63) is 34.5 Å². The van der Waals surface area contributed by atoms with Gasteiger partial charge in [0, 0.05) is 18.1 Å². The molecule has 3 N–H and O–H groups in total. The third-order valence-corrected chi connectivity index (χ3v) is 3.59. The summed E-state index contributed by atoms with van der Waals surface area (Å²) in [5.74, 6) is -0.877. The molecule has 2 rings (SSSR count). The van der Waals surface area contributed by atoms with E-state index in [4.69, 9.17) is 5.73 Å². The second kappa shape index (κ2) is 4.46. The van der Waals surface area contributed by atoms with E-state index in [1.54, 1.807) is 0 Å². The Morgan fingerprint density at radius 3 is 2.61 bits per heavy atom. The van der Waals surface area contributed by atoms with Crippen LogP contribution in [0, 0.1) is 13.8 Å². The molecule has 0 aliphatic rings. The van der Waals surface area contributed by atoms with Gasteiger partial charge in [0.05, 0.1) is 11.1 Å². The normalized spacial score (nSPS) is 11.1. The molecule has 0 bridgehead atoms. The van der Waals surface area contributed by atoms with E-state index in [0.29, 0.717) is 12.1 Å². The summed E-state index contributed by atoms with van der Waals surface area (Å²) in [6.45, 7) is 4.40. The molecule has 0 atom stereocenters. The number of carboxylic acid groups (broad SMARTS) is 1. The Balaban J connectivity index is 2.90. The van der Waals surface area contributed by atoms with Gasteiger partial charge in [0.15, 0.2) is 0 Å². The van der Waals surface area contributed by atoms with Gasteiger partial charge in [-0.05, 0) is 37.9 Å². The number of carboxylic acids is 1. The highest BCUT2D eigenvalue weighted by Gasteiger charge is 2.19. The lowest BCUT2D eigenvalue weighted by molar-refractivity contribution is 0.0698. The summed E-state index contributed by atoms with van der Waals surface area (Å²) in [7, 11) is 1.91. The number of aromatic nitrogens is 1. The first-order chi connectivity index (χ1) is 8.49. The van der Waals surface area contributed by atoms with Gasteiger partial charge >= 0.3 is 5.97 Å². The van der Waals surface area contributed by atoms with Gasteiger partial charge in [0.25, 0.3) is 0 Å². The van der Waals surface area contributed by atoms with Gasteiger partial charge < -0.3 is 15.4 Å². The van der Waals surface area contributed by atoms with Gasteiger partial charge in [-0.2, -0.15) is 0 Å². The highest BCUT2D eigenvalue weighted by molar-refractivity contribution is 6.05. The zero-order chi connectivity index (χ0) is 13.4. The van der Waals surface area contributed by atoms with E-state index >= 15 is 0 Å². The molecule has 0 aliphatic carbocycles. The highest BCUT2D eigenvalue weighted by Crippen LogP contribution is 2.29. The van der Waals surface area contributed by atoms with Crippen LogP contribution >= 0.6 is 0 Å². The summed E-state index contributed by atoms with van der Waals surface area (Å²) in [6.07, 6.45) is 0.769. The van der Waals surface area contributed by atoms with E-state index in [2.05, 4.69) is 0 Å². The van der Waals surface area contributed by atoms with Crippen LogP contribution in [0.4, 0.5) is 0 Å². The number of aromatic carboxylic acids is 1. The van der Waals surface area contributed by atoms with Crippen molar-refractivity contribution < 1.29 is 9.90 Å². The van der Waals surface area contributed by atoms with E-state index in [1.807, 2.05) is 37.6 Å². The van der Waals surface area contributed by atoms with Crippen molar-refractivity contribution >= 4 is 16.9 Å². The molecule has 0 aliphatic heterocycles. The molecular formula is C14H18N2O2. The summed E-state index contributed by atoms with van der Waals surface area (Å²) >= 11 is 0. The minimum Gasteiger partial charge on any atom is -0.478 e. The van der Waals surface area contributed by atoms with Crippen molar-refractivity contribution in [2.24, 2.45) is 12.8 Å². The molecule has 0 saturated heterocycles. The summed E-state index contributed by atoms with van der Waals surface area (Å²) in [5.41, 5.74) is 9.84. The van der Waals surface area contributed by atoms with Crippen molar-refractivity contribution in [2.75, 3.05) is 6.54 Å². The summed E-state index contributed by atoms with van der Waals surface area (Å²) in [4.78, 5) is 11.4. The first kappa shape index (κ1) is 12.6. The fourth-order valence-corrected chi connectivity index (χ4v) is 2.58. The third kappa shape index (κ3) is 1.69. The predicted molar refractivity (Wildman–Crippen MR) is 72.1 cm³/mol. The summed E-state index contributed by atoms with van der Waals surface area (Å²) < 4.78 is 1.96. The average Bonchev–Trinajstić information content (AvgIpc) is 2.54. The van der Waals surface area contributed by atoms with Crippen molar-refractivity contribution in [1.82, 2.24) is 4.57 Å². The number of carbonyl (C=O) groups is 1. The van der Waals surface area contributed by atoms with Crippen LogP contribution < -0.4 is 5.73 Å². The number of hydrogen-bond acceptors (Lipinski definition) is 2. The molecule has 0 fully saturated rings. The molecule has 0 radical (unpaired) electrons. The molecule has 1 aromatic carbocycles. The van der Waals surface area contributed by atoms with Crippen LogP contribution in [0.25, 0.3) is 10.9 Å². The monoisotopic (exact) mass is 246 g/mol. The SMILES string of the molecule is Cc1ccc2c(CCN)c(C)n(C)c2c1C(=O)O. The van der Waals surface area contributed by atoms with Crippen LogP contribution in [0.3, 0.4) is 0 Å². The molecule has 96 valence electrons. The van der Waals surface area contributed by atoms with E-state index in [1.165, 1.54) is 0 Å². The molecule has 0 saturated carbocycles. The summed E-state index contributed by atoms with van der Waals surface area (Å²) in [5, 5.41) is 10.4. The van der Waals surface area contributed by atoms with Crippen LogP contribution in [0.15, 0.2) is 12.1 Å². The molecular weight excluding hydrogens is 228 g/mol. The highest BCUT2D eigenvalue weighted by atomic mass is 16.4. The van der Waals surface area contributed by atoms with E-state index in [9.17, 15) is 9.90 Å². The Bertz CT molecular complexity index is 626. The van der Waals surface area contributed by atoms with E-state index in [-0.39, 0.29) is 0 Å². The van der Waals surface area contributed by atoms with Crippen molar-refractivity contribution in [3.63, 3.8) is 0 Å². The lowest BCUT2D eigenvalue weighted by Gasteiger charge is -2.06. The number of nitrogens with two attached hydrogens (primary N) is 1. The van der Waals surface area contributed by atoms with Gasteiger partial charge in [-0.15, -0.1) is 0 Å². The van der Waals surface area contributed by atoms with Gasteiger partial charge in [-0.25, -0.2) is 4.79 Å². The molecule has 1 aromatic heterocycles. The number of rotatable bonds is 3. The minimum atomic E-state index is -0.877. The zero-order valence-corrected chi connectivity index (χ0v) is 10.9. The second-order valence-corrected chi connectivity index (χ2v) is 4.62. The fraction of sp³-hybridized carbons (Fsp3) is 0.357. The van der Waals surface area contributed by atoms with Crippen molar-refractivity contribution in [3.8, 4) is 0 Å². The Kier molecular flexibility index (Phi) is 3.13. The largest absolute Gasteiger partial charge is 0.478 e. The molecule has 2 aromatic rings. The molecule has 4 heteroatoms. The maximum atomic E-state index is 11.4. The zero-order valence-electron chi connectivity index (χ0n) is 10.9. The van der Waals surface area contributed by atoms with Crippen molar-refractivity contribution in [1.29, 1.82) is 0 Å². The van der Waals surface area contributed by atoms with Crippen LogP contribution in [0.5, 0.6) is 0 Å². The first-order valence-electron chi connectivity index (χ1n) is 5.99. The summed E-state index contributed by atoms with van der Waals surface area (Å²) in [6, 6.07) is 3.86. The lowest BCUT2D eigenvalue weighted by Crippen LogP contribution is -2.04. The van der Waals surface area contributed by atoms with Gasteiger partial charge in [-0.1, -0.05) is 12.1 Å². The van der Waals surface area contributed by atoms with Crippen molar-refractivity contribution in [2.45, 2.75) is 20.3 Å². The topological polar surface area (TPSA) is 68.2 Å². The second-order valence-electron chi connectivity index (χ2n) is 4.62. The van der Waals surface area contributed by atoms with E-state index in [0.717, 1.165) is 34.1 Å². The molecule has 0 spiro atoms. The first-order valence-corrected chi connectivity index (χ1v) is 5.99. The predicted octanol–water partition coefficient (Wildman–Crippen LogP) is 1.99. The Hall–Kier alpha value is -1.81. The van der Waals surface area contributed by atoms with Crippen LogP contribution in [-0.4, -0.2) is 22.2 Å². The maximum absolute atomic E-state index is 11.4. The van der Waals surface area contributed by atoms with Crippen LogP contribution in [0.2, 0.25) is 0 Å². The van der Waals surface area contributed by atoms with Crippen LogP contribution in [-0.2, 0) is 13.5 Å². The lowest BCUT2D eigenvalue weighted by atomic mass is 10.0. The number of aryl methyl sites for hydroxylation is 2. The molecule has 18 heavy (non-hydrogen) atoms.